The number of primary amides is 1. The third kappa shape index (κ3) is 3.50. The summed E-state index contributed by atoms with van der Waals surface area (Å²) in [6.07, 6.45) is 1.58. The Labute approximate surface area is 149 Å². The number of hydrogen-bond donors (Lipinski definition) is 2. The van der Waals surface area contributed by atoms with Crippen molar-refractivity contribution < 1.29 is 4.79 Å². The minimum atomic E-state index is -0.870. The molecule has 0 fully saturated rings. The van der Waals surface area contributed by atoms with Crippen LogP contribution in [-0.2, 0) is 4.79 Å². The summed E-state index contributed by atoms with van der Waals surface area (Å²) < 4.78 is 3.42. The number of nitrogens with one attached hydrogen (secondary N) is 1. The Morgan fingerprint density at radius 2 is 2.26 bits per heavy atom. The molecule has 0 saturated carbocycles. The predicted molar refractivity (Wildman–Crippen MR) is 92.8 cm³/mol. The molecule has 0 aliphatic carbocycles. The molecule has 1 amide bonds. The number of amides is 1. The summed E-state index contributed by atoms with van der Waals surface area (Å²) in [7, 11) is 0. The first kappa shape index (κ1) is 16.3. The number of nitrogens with zero attached hydrogens (tertiary/aromatic N) is 2. The first-order valence-electron chi connectivity index (χ1n) is 7.17. The predicted octanol–water partition coefficient (Wildman–Crippen LogP) is 1.40. The van der Waals surface area contributed by atoms with Gasteiger partial charge in [0.2, 0.25) is 0 Å². The molecular weight excluding hydrogens is 418 g/mol. The molecule has 0 bridgehead atoms. The molecule has 0 spiro atoms. The van der Waals surface area contributed by atoms with Crippen molar-refractivity contribution in [3.05, 3.63) is 50.8 Å². The van der Waals surface area contributed by atoms with Crippen molar-refractivity contribution in [3.63, 3.8) is 0 Å². The van der Waals surface area contributed by atoms with Crippen molar-refractivity contribution in [1.29, 1.82) is 0 Å². The van der Waals surface area contributed by atoms with Crippen molar-refractivity contribution in [2.24, 2.45) is 11.7 Å². The van der Waals surface area contributed by atoms with E-state index in [1.807, 2.05) is 24.3 Å². The van der Waals surface area contributed by atoms with Gasteiger partial charge in [0, 0.05) is 0 Å². The summed E-state index contributed by atoms with van der Waals surface area (Å²) in [4.78, 5) is 20.0. The summed E-state index contributed by atoms with van der Waals surface area (Å²) in [6.45, 7) is 2.24. The summed E-state index contributed by atoms with van der Waals surface area (Å²) in [5.41, 5.74) is 8.55. The van der Waals surface area contributed by atoms with Crippen molar-refractivity contribution >= 4 is 53.8 Å². The second-order valence-corrected chi connectivity index (χ2v) is 8.78. The second kappa shape index (κ2) is 6.88. The zero-order chi connectivity index (χ0) is 16.4. The van der Waals surface area contributed by atoms with Gasteiger partial charge in [-0.05, 0) is 0 Å². The van der Waals surface area contributed by atoms with E-state index in [9.17, 15) is 4.79 Å². The molecule has 0 saturated heterocycles. The van der Waals surface area contributed by atoms with Gasteiger partial charge >= 0.3 is 150 Å². The van der Waals surface area contributed by atoms with Crippen molar-refractivity contribution in [3.8, 4) is 0 Å². The van der Waals surface area contributed by atoms with Crippen molar-refractivity contribution in [1.82, 2.24) is 9.97 Å². The molecule has 3 rings (SSSR count). The number of rotatable bonds is 5. The normalized spacial score (nSPS) is 14.1. The SMILES string of the molecule is CC(CNc1ncn[c]2c1C(c1cccc(Cl)c1)=[CH][Sn]2)C(N)=O. The van der Waals surface area contributed by atoms with Crippen LogP contribution in [0.25, 0.3) is 5.57 Å². The van der Waals surface area contributed by atoms with Crippen molar-refractivity contribution in [2.75, 3.05) is 11.9 Å². The van der Waals surface area contributed by atoms with E-state index in [1.54, 1.807) is 13.3 Å². The fourth-order valence-corrected chi connectivity index (χ4v) is 5.72. The molecule has 116 valence electrons. The van der Waals surface area contributed by atoms with Gasteiger partial charge < -0.3 is 0 Å². The molecule has 1 aliphatic heterocycles. The van der Waals surface area contributed by atoms with Crippen LogP contribution in [0.4, 0.5) is 5.82 Å². The average Bonchev–Trinajstić information content (AvgIpc) is 2.97. The Kier molecular flexibility index (Phi) is 4.87. The molecule has 23 heavy (non-hydrogen) atoms. The van der Waals surface area contributed by atoms with E-state index in [2.05, 4.69) is 19.4 Å². The Morgan fingerprint density at radius 1 is 1.43 bits per heavy atom. The number of carbonyl (C=O) groups is 1. The van der Waals surface area contributed by atoms with E-state index < -0.39 is 21.1 Å². The van der Waals surface area contributed by atoms with E-state index in [0.29, 0.717) is 11.6 Å². The van der Waals surface area contributed by atoms with Crippen LogP contribution in [0.2, 0.25) is 5.02 Å². The number of benzene rings is 1. The molecule has 1 aromatic carbocycles. The molecule has 2 aromatic rings. The van der Waals surface area contributed by atoms with Crippen LogP contribution in [-0.4, -0.2) is 43.6 Å². The van der Waals surface area contributed by atoms with Crippen LogP contribution in [0.3, 0.4) is 0 Å². The fourth-order valence-electron chi connectivity index (χ4n) is 2.33. The number of hydrogen-bond acceptors (Lipinski definition) is 4. The van der Waals surface area contributed by atoms with E-state index >= 15 is 0 Å². The molecule has 5 nitrogen and oxygen atoms in total. The fraction of sp³-hybridized carbons (Fsp3) is 0.188. The third-order valence-corrected chi connectivity index (χ3v) is 7.00. The maximum atomic E-state index is 11.2. The van der Waals surface area contributed by atoms with Crippen LogP contribution in [0.1, 0.15) is 18.1 Å². The number of halogens is 1. The minimum absolute atomic E-state index is 0.263. The summed E-state index contributed by atoms with van der Waals surface area (Å²) in [5, 5.41) is 3.95. The topological polar surface area (TPSA) is 80.9 Å². The standard InChI is InChI=1S/C16H15ClN4O.Sn/c1-10(15(18)22)7-20-16-14(8-19-9-21-16)11(2)12-4-3-5-13(17)6-12;/h2-6,9-10H,7H2,1H3,(H2,18,22)(H,19,20,21);. The van der Waals surface area contributed by atoms with Gasteiger partial charge in [0.1, 0.15) is 0 Å². The third-order valence-electron chi connectivity index (χ3n) is 3.67. The number of nitrogens with two attached hydrogens (primary N) is 1. The molecule has 1 aromatic heterocycles. The van der Waals surface area contributed by atoms with E-state index in [4.69, 9.17) is 17.3 Å². The van der Waals surface area contributed by atoms with Gasteiger partial charge in [-0.2, -0.15) is 0 Å². The van der Waals surface area contributed by atoms with E-state index in [1.165, 1.54) is 0 Å². The van der Waals surface area contributed by atoms with E-state index in [0.717, 1.165) is 26.2 Å². The van der Waals surface area contributed by atoms with Crippen molar-refractivity contribution in [2.45, 2.75) is 6.92 Å². The maximum absolute atomic E-state index is 11.2. The molecule has 2 heterocycles. The zero-order valence-electron chi connectivity index (χ0n) is 12.5. The number of carbonyl (C=O) groups excluding carboxylic acids is 1. The van der Waals surface area contributed by atoms with Crippen LogP contribution in [0.5, 0.6) is 0 Å². The van der Waals surface area contributed by atoms with Gasteiger partial charge in [0.15, 0.2) is 0 Å². The molecule has 2 radical (unpaired) electrons. The Bertz CT molecular complexity index is 793. The monoisotopic (exact) mass is 434 g/mol. The summed E-state index contributed by atoms with van der Waals surface area (Å²) in [5.74, 6) is 0.165. The van der Waals surface area contributed by atoms with Crippen LogP contribution in [0, 0.1) is 5.92 Å². The van der Waals surface area contributed by atoms with Gasteiger partial charge in [-0.15, -0.1) is 0 Å². The summed E-state index contributed by atoms with van der Waals surface area (Å²) >= 11 is 5.25. The number of fused-ring (bicyclic) bond motifs is 1. The van der Waals surface area contributed by atoms with Crippen LogP contribution in [0.15, 0.2) is 34.7 Å². The van der Waals surface area contributed by atoms with Gasteiger partial charge in [-0.1, -0.05) is 0 Å². The Morgan fingerprint density at radius 3 is 3.00 bits per heavy atom. The molecule has 1 aliphatic rings. The Hall–Kier alpha value is -1.60. The molecular formula is C16H15ClN4OSn. The van der Waals surface area contributed by atoms with E-state index in [-0.39, 0.29) is 11.8 Å². The summed E-state index contributed by atoms with van der Waals surface area (Å²) in [6, 6.07) is 7.78. The van der Waals surface area contributed by atoms with Gasteiger partial charge in [0.25, 0.3) is 0 Å². The Balaban J connectivity index is 1.93. The molecule has 7 heteroatoms. The van der Waals surface area contributed by atoms with Gasteiger partial charge in [-0.25, -0.2) is 0 Å². The van der Waals surface area contributed by atoms with Crippen LogP contribution >= 0.6 is 11.6 Å². The first-order chi connectivity index (χ1) is 11.1. The molecule has 1 atom stereocenters. The number of aromatic nitrogens is 2. The van der Waals surface area contributed by atoms with Gasteiger partial charge in [-0.3, -0.25) is 0 Å². The quantitative estimate of drug-likeness (QED) is 0.699. The van der Waals surface area contributed by atoms with Gasteiger partial charge in [0.05, 0.1) is 0 Å². The molecule has 3 N–H and O–H groups in total. The average molecular weight is 433 g/mol. The zero-order valence-corrected chi connectivity index (χ0v) is 16.1. The molecule has 1 unspecified atom stereocenters. The first-order valence-corrected chi connectivity index (χ1v) is 10.6. The number of anilines is 1. The van der Waals surface area contributed by atoms with Crippen LogP contribution < -0.4 is 14.8 Å². The second-order valence-electron chi connectivity index (χ2n) is 5.34.